The van der Waals surface area contributed by atoms with Crippen molar-refractivity contribution in [3.8, 4) is 0 Å². The van der Waals surface area contributed by atoms with E-state index in [2.05, 4.69) is 37.6 Å². The lowest BCUT2D eigenvalue weighted by molar-refractivity contribution is 0.00651. The Morgan fingerprint density at radius 3 is 2.27 bits per heavy atom. The zero-order valence-electron chi connectivity index (χ0n) is 25.6. The number of anilines is 4. The fourth-order valence-corrected chi connectivity index (χ4v) is 6.43. The molecule has 1 aromatic heterocycles. The summed E-state index contributed by atoms with van der Waals surface area (Å²) in [7, 11) is 0. The van der Waals surface area contributed by atoms with Crippen LogP contribution in [-0.2, 0) is 0 Å². The zero-order chi connectivity index (χ0) is 30.8. The molecule has 3 fully saturated rings. The van der Waals surface area contributed by atoms with Crippen LogP contribution in [0.2, 0.25) is 0 Å². The highest BCUT2D eigenvalue weighted by molar-refractivity contribution is 5.96. The van der Waals surface area contributed by atoms with Crippen molar-refractivity contribution in [2.24, 2.45) is 11.7 Å². The molecule has 3 aromatic rings. The van der Waals surface area contributed by atoms with E-state index >= 15 is 0 Å². The Morgan fingerprint density at radius 2 is 1.64 bits per heavy atom. The van der Waals surface area contributed by atoms with Crippen molar-refractivity contribution in [3.05, 3.63) is 71.5 Å². The SMILES string of the molecule is CC(C)(O)C1CCN(c2ccc(Nc3nc(N4CCC[C@@H](NC(=O)c5ccc(C6CC6)cc5)C4)cnc3C(N)=O)cc2)CC1. The number of hydrogen-bond acceptors (Lipinski definition) is 8. The molecule has 1 aliphatic carbocycles. The zero-order valence-corrected chi connectivity index (χ0v) is 25.6. The van der Waals surface area contributed by atoms with Crippen LogP contribution in [0.25, 0.3) is 0 Å². The molecule has 2 aliphatic heterocycles. The van der Waals surface area contributed by atoms with E-state index in [9.17, 15) is 14.7 Å². The van der Waals surface area contributed by atoms with Gasteiger partial charge < -0.3 is 31.3 Å². The molecule has 0 spiro atoms. The second-order valence-electron chi connectivity index (χ2n) is 13.0. The van der Waals surface area contributed by atoms with Gasteiger partial charge >= 0.3 is 0 Å². The number of carbonyl (C=O) groups excluding carboxylic acids is 2. The van der Waals surface area contributed by atoms with Crippen molar-refractivity contribution < 1.29 is 14.7 Å². The summed E-state index contributed by atoms with van der Waals surface area (Å²) in [5, 5.41) is 16.8. The topological polar surface area (TPSA) is 137 Å². The van der Waals surface area contributed by atoms with E-state index in [-0.39, 0.29) is 17.6 Å². The number of benzene rings is 2. The summed E-state index contributed by atoms with van der Waals surface area (Å²) in [5.41, 5.74) is 8.94. The molecule has 2 saturated heterocycles. The van der Waals surface area contributed by atoms with E-state index < -0.39 is 11.5 Å². The molecule has 3 aliphatic rings. The standard InChI is InChI=1S/C34H43N7O3/c1-34(2,44)25-15-18-40(19-16-25)28-13-11-26(12-14-28)37-32-30(31(35)42)36-20-29(39-32)41-17-3-4-27(21-41)38-33(43)24-9-7-23(8-10-24)22-5-6-22/h7-14,20,22,25,27,44H,3-6,15-19,21H2,1-2H3,(H2,35,42)(H,37,39)(H,38,43)/t27-/m1/s1. The Balaban J connectivity index is 1.10. The van der Waals surface area contributed by atoms with Crippen molar-refractivity contribution in [2.45, 2.75) is 69.9 Å². The minimum Gasteiger partial charge on any atom is -0.390 e. The number of aromatic nitrogens is 2. The first kappa shape index (κ1) is 29.9. The predicted octanol–water partition coefficient (Wildman–Crippen LogP) is 4.58. The monoisotopic (exact) mass is 597 g/mol. The first-order chi connectivity index (χ1) is 21.1. The molecule has 1 atom stereocenters. The highest BCUT2D eigenvalue weighted by Gasteiger charge is 2.31. The van der Waals surface area contributed by atoms with Crippen molar-refractivity contribution in [1.82, 2.24) is 15.3 Å². The van der Waals surface area contributed by atoms with Crippen LogP contribution in [0.15, 0.2) is 54.7 Å². The van der Waals surface area contributed by atoms with E-state index in [4.69, 9.17) is 10.7 Å². The summed E-state index contributed by atoms with van der Waals surface area (Å²) in [6, 6.07) is 16.0. The maximum atomic E-state index is 13.0. The number of nitrogens with one attached hydrogen (secondary N) is 2. The number of carbonyl (C=O) groups is 2. The molecule has 5 N–H and O–H groups in total. The van der Waals surface area contributed by atoms with Crippen LogP contribution < -0.4 is 26.2 Å². The average molecular weight is 598 g/mol. The molecular weight excluding hydrogens is 554 g/mol. The Bertz CT molecular complexity index is 1470. The number of aliphatic hydroxyl groups is 1. The lowest BCUT2D eigenvalue weighted by Crippen LogP contribution is -2.48. The first-order valence-corrected chi connectivity index (χ1v) is 15.8. The van der Waals surface area contributed by atoms with Crippen molar-refractivity contribution in [1.29, 1.82) is 0 Å². The van der Waals surface area contributed by atoms with Gasteiger partial charge in [0, 0.05) is 49.2 Å². The van der Waals surface area contributed by atoms with Crippen LogP contribution in [0.4, 0.5) is 23.0 Å². The number of amides is 2. The summed E-state index contributed by atoms with van der Waals surface area (Å²) in [6.45, 7) is 6.93. The van der Waals surface area contributed by atoms with Crippen LogP contribution in [0, 0.1) is 5.92 Å². The summed E-state index contributed by atoms with van der Waals surface area (Å²) in [4.78, 5) is 38.8. The van der Waals surface area contributed by atoms with Crippen LogP contribution >= 0.6 is 0 Å². The van der Waals surface area contributed by atoms with Gasteiger partial charge in [0.1, 0.15) is 5.82 Å². The van der Waals surface area contributed by atoms with Gasteiger partial charge in [-0.15, -0.1) is 0 Å². The molecule has 44 heavy (non-hydrogen) atoms. The Morgan fingerprint density at radius 1 is 0.932 bits per heavy atom. The molecule has 0 bridgehead atoms. The lowest BCUT2D eigenvalue weighted by atomic mass is 9.83. The van der Waals surface area contributed by atoms with Gasteiger partial charge in [0.2, 0.25) is 0 Å². The predicted molar refractivity (Wildman–Crippen MR) is 173 cm³/mol. The molecule has 10 heteroatoms. The van der Waals surface area contributed by atoms with E-state index in [0.29, 0.717) is 35.6 Å². The van der Waals surface area contributed by atoms with Crippen LogP contribution in [0.1, 0.15) is 84.7 Å². The van der Waals surface area contributed by atoms with E-state index in [1.165, 1.54) is 18.4 Å². The number of hydrogen-bond donors (Lipinski definition) is 4. The quantitative estimate of drug-likeness (QED) is 0.281. The fourth-order valence-electron chi connectivity index (χ4n) is 6.43. The third kappa shape index (κ3) is 6.96. The molecule has 0 radical (unpaired) electrons. The average Bonchev–Trinajstić information content (AvgIpc) is 3.87. The number of primary amides is 1. The number of rotatable bonds is 9. The molecule has 1 saturated carbocycles. The lowest BCUT2D eigenvalue weighted by Gasteiger charge is -2.38. The van der Waals surface area contributed by atoms with E-state index in [0.717, 1.165) is 56.7 Å². The van der Waals surface area contributed by atoms with Crippen molar-refractivity contribution in [3.63, 3.8) is 0 Å². The Labute approximate surface area is 259 Å². The molecule has 3 heterocycles. The molecule has 2 aromatic carbocycles. The van der Waals surface area contributed by atoms with Crippen LogP contribution in [0.5, 0.6) is 0 Å². The second-order valence-corrected chi connectivity index (χ2v) is 13.0. The highest BCUT2D eigenvalue weighted by atomic mass is 16.3. The molecule has 0 unspecified atom stereocenters. The van der Waals surface area contributed by atoms with Gasteiger partial charge in [0.05, 0.1) is 11.8 Å². The van der Waals surface area contributed by atoms with Gasteiger partial charge in [-0.25, -0.2) is 9.97 Å². The molecule has 6 rings (SSSR count). The molecule has 2 amide bonds. The molecule has 10 nitrogen and oxygen atoms in total. The maximum absolute atomic E-state index is 13.0. The fraction of sp³-hybridized carbons (Fsp3) is 0.471. The largest absolute Gasteiger partial charge is 0.390 e. The van der Waals surface area contributed by atoms with Gasteiger partial charge in [-0.05, 0) is 106 Å². The normalized spacial score (nSPS) is 19.5. The minimum absolute atomic E-state index is 0.0329. The van der Waals surface area contributed by atoms with Gasteiger partial charge in [0.15, 0.2) is 11.5 Å². The van der Waals surface area contributed by atoms with Gasteiger partial charge in [-0.2, -0.15) is 0 Å². The van der Waals surface area contributed by atoms with Gasteiger partial charge in [0.25, 0.3) is 11.8 Å². The number of nitrogens with zero attached hydrogens (tertiary/aromatic N) is 4. The molecule has 232 valence electrons. The van der Waals surface area contributed by atoms with E-state index in [1.54, 1.807) is 6.20 Å². The minimum atomic E-state index is -0.658. The molecular formula is C34H43N7O3. The van der Waals surface area contributed by atoms with Crippen molar-refractivity contribution >= 4 is 34.8 Å². The van der Waals surface area contributed by atoms with Gasteiger partial charge in [-0.1, -0.05) is 12.1 Å². The smallest absolute Gasteiger partial charge is 0.271 e. The number of piperidine rings is 2. The third-order valence-electron chi connectivity index (χ3n) is 9.28. The van der Waals surface area contributed by atoms with Crippen molar-refractivity contribution in [2.75, 3.05) is 41.3 Å². The second kappa shape index (κ2) is 12.4. The first-order valence-electron chi connectivity index (χ1n) is 15.8. The highest BCUT2D eigenvalue weighted by Crippen LogP contribution is 2.40. The summed E-state index contributed by atoms with van der Waals surface area (Å²) in [5.74, 6) is 1.16. The van der Waals surface area contributed by atoms with Crippen LogP contribution in [0.3, 0.4) is 0 Å². The summed E-state index contributed by atoms with van der Waals surface area (Å²) >= 11 is 0. The Hall–Kier alpha value is -4.18. The van der Waals surface area contributed by atoms with Crippen LogP contribution in [-0.4, -0.2) is 64.7 Å². The summed E-state index contributed by atoms with van der Waals surface area (Å²) in [6.07, 6.45) is 7.71. The van der Waals surface area contributed by atoms with E-state index in [1.807, 2.05) is 50.2 Å². The maximum Gasteiger partial charge on any atom is 0.271 e. The third-order valence-corrected chi connectivity index (χ3v) is 9.28. The summed E-state index contributed by atoms with van der Waals surface area (Å²) < 4.78 is 0. The van der Waals surface area contributed by atoms with Gasteiger partial charge in [-0.3, -0.25) is 9.59 Å². The Kier molecular flexibility index (Phi) is 8.44. The number of nitrogens with two attached hydrogens (primary N) is 1.